The number of hydrogen-bond donors (Lipinski definition) is 2. The number of halogens is 1. The van der Waals surface area contributed by atoms with Crippen LogP contribution in [0.2, 0.25) is 5.02 Å². The minimum atomic E-state index is -0.724. The fraction of sp³-hybridized carbons (Fsp3) is 0.320. The number of fused-ring (bicyclic) bond motifs is 3. The molecule has 0 atom stereocenters. The fourth-order valence-corrected chi connectivity index (χ4v) is 4.80. The van der Waals surface area contributed by atoms with E-state index in [0.717, 1.165) is 40.8 Å². The molecule has 33 heavy (non-hydrogen) atoms. The van der Waals surface area contributed by atoms with Gasteiger partial charge in [-0.05, 0) is 42.0 Å². The number of hydrogen-bond acceptors (Lipinski definition) is 5. The van der Waals surface area contributed by atoms with Crippen molar-refractivity contribution >= 4 is 23.5 Å². The van der Waals surface area contributed by atoms with Crippen LogP contribution in [0.25, 0.3) is 11.3 Å². The number of carbonyl (C=O) groups is 2. The topological polar surface area (TPSA) is 95.7 Å². The molecule has 1 saturated heterocycles. The van der Waals surface area contributed by atoms with Gasteiger partial charge < -0.3 is 14.9 Å². The average molecular weight is 466 g/mol. The van der Waals surface area contributed by atoms with Gasteiger partial charge in [0, 0.05) is 42.3 Å². The maximum absolute atomic E-state index is 12.7. The summed E-state index contributed by atoms with van der Waals surface area (Å²) in [4.78, 5) is 25.9. The Bertz CT molecular complexity index is 1220. The Morgan fingerprint density at radius 1 is 1.18 bits per heavy atom. The quantitative estimate of drug-likeness (QED) is 0.553. The van der Waals surface area contributed by atoms with E-state index in [4.69, 9.17) is 21.2 Å². The van der Waals surface area contributed by atoms with Gasteiger partial charge in [-0.1, -0.05) is 53.2 Å². The van der Waals surface area contributed by atoms with Crippen molar-refractivity contribution in [2.45, 2.75) is 25.8 Å². The summed E-state index contributed by atoms with van der Waals surface area (Å²) >= 11 is 6.18. The molecule has 170 valence electrons. The van der Waals surface area contributed by atoms with Crippen LogP contribution in [0.3, 0.4) is 0 Å². The average Bonchev–Trinajstić information content (AvgIpc) is 3.21. The summed E-state index contributed by atoms with van der Waals surface area (Å²) in [5.74, 6) is -0.557. The zero-order chi connectivity index (χ0) is 22.9. The molecule has 0 spiro atoms. The lowest BCUT2D eigenvalue weighted by atomic mass is 9.88. The third kappa shape index (κ3) is 4.38. The molecule has 3 aromatic rings. The maximum Gasteiger partial charge on any atom is 0.309 e. The van der Waals surface area contributed by atoms with Crippen LogP contribution in [0.5, 0.6) is 0 Å². The van der Waals surface area contributed by atoms with E-state index in [-0.39, 0.29) is 11.8 Å². The predicted molar refractivity (Wildman–Crippen MR) is 123 cm³/mol. The molecule has 1 amide bonds. The summed E-state index contributed by atoms with van der Waals surface area (Å²) in [5.41, 5.74) is 5.46. The van der Waals surface area contributed by atoms with Crippen LogP contribution < -0.4 is 5.32 Å². The lowest BCUT2D eigenvalue weighted by molar-refractivity contribution is -0.147. The number of aryl methyl sites for hydroxylation is 1. The Labute approximate surface area is 196 Å². The normalized spacial score (nSPS) is 15.4. The molecule has 2 heterocycles. The maximum atomic E-state index is 12.7. The van der Waals surface area contributed by atoms with E-state index in [9.17, 15) is 9.59 Å². The van der Waals surface area contributed by atoms with Gasteiger partial charge in [0.05, 0.1) is 5.92 Å². The number of benzene rings is 2. The van der Waals surface area contributed by atoms with Gasteiger partial charge in [-0.3, -0.25) is 14.5 Å². The monoisotopic (exact) mass is 465 g/mol. The molecule has 2 N–H and O–H groups in total. The van der Waals surface area contributed by atoms with Crippen LogP contribution in [0, 0.1) is 5.92 Å². The molecule has 1 aliphatic carbocycles. The molecule has 0 unspecified atom stereocenters. The highest BCUT2D eigenvalue weighted by Crippen LogP contribution is 2.36. The van der Waals surface area contributed by atoms with Gasteiger partial charge in [0.25, 0.3) is 5.91 Å². The highest BCUT2D eigenvalue weighted by Gasteiger charge is 2.33. The van der Waals surface area contributed by atoms with Crippen LogP contribution >= 0.6 is 11.6 Å². The summed E-state index contributed by atoms with van der Waals surface area (Å²) in [6.45, 7) is 2.38. The molecule has 2 aliphatic rings. The Kier molecular flexibility index (Phi) is 5.91. The zero-order valence-corrected chi connectivity index (χ0v) is 18.8. The third-order valence-corrected chi connectivity index (χ3v) is 6.78. The second-order valence-corrected chi connectivity index (χ2v) is 9.06. The Balaban J connectivity index is 1.24. The summed E-state index contributed by atoms with van der Waals surface area (Å²) < 4.78 is 5.60. The van der Waals surface area contributed by atoms with Crippen molar-refractivity contribution in [3.63, 3.8) is 0 Å². The molecule has 1 aliphatic heterocycles. The third-order valence-electron chi connectivity index (χ3n) is 6.41. The molecule has 0 saturated carbocycles. The molecule has 0 radical (unpaired) electrons. The minimum absolute atomic E-state index is 0.238. The minimum Gasteiger partial charge on any atom is -0.481 e. The number of rotatable bonds is 7. The van der Waals surface area contributed by atoms with Crippen LogP contribution in [0.15, 0.2) is 47.0 Å². The van der Waals surface area contributed by atoms with E-state index in [1.165, 1.54) is 0 Å². The summed E-state index contributed by atoms with van der Waals surface area (Å²) in [6.07, 6.45) is 2.13. The number of amides is 1. The number of aliphatic carboxylic acids is 1. The number of nitrogens with one attached hydrogen (secondary N) is 1. The number of carboxylic acids is 1. The lowest BCUT2D eigenvalue weighted by Crippen LogP contribution is -2.49. The standard InChI is InChI=1S/C25H24ClN3O4/c26-21-4-2-1-3-16(21)9-10-27-24(30)22-20-8-6-17-11-15(5-7-19(17)23(20)33-28-22)12-29-13-18(14-29)25(31)32/h1-5,7,11,18H,6,8-10,12-14H2,(H,27,30)(H,31,32). The molecule has 7 nitrogen and oxygen atoms in total. The van der Waals surface area contributed by atoms with E-state index in [0.29, 0.717) is 49.0 Å². The second-order valence-electron chi connectivity index (χ2n) is 8.66. The first-order valence-corrected chi connectivity index (χ1v) is 11.4. The molecule has 2 aromatic carbocycles. The molecular weight excluding hydrogens is 442 g/mol. The molecule has 1 fully saturated rings. The molecular formula is C25H24ClN3O4. The van der Waals surface area contributed by atoms with E-state index >= 15 is 0 Å². The van der Waals surface area contributed by atoms with Crippen LogP contribution in [-0.2, 0) is 30.6 Å². The van der Waals surface area contributed by atoms with Crippen molar-refractivity contribution in [2.24, 2.45) is 5.92 Å². The van der Waals surface area contributed by atoms with Gasteiger partial charge in [0.1, 0.15) is 0 Å². The lowest BCUT2D eigenvalue weighted by Gasteiger charge is -2.36. The number of aromatic nitrogens is 1. The van der Waals surface area contributed by atoms with Crippen LogP contribution in [0.4, 0.5) is 0 Å². The number of carboxylic acid groups (broad SMARTS) is 1. The van der Waals surface area contributed by atoms with Gasteiger partial charge >= 0.3 is 5.97 Å². The smallest absolute Gasteiger partial charge is 0.309 e. The summed E-state index contributed by atoms with van der Waals surface area (Å²) in [6, 6.07) is 13.8. The Hall–Kier alpha value is -3.16. The van der Waals surface area contributed by atoms with Gasteiger partial charge in [0.15, 0.2) is 11.5 Å². The van der Waals surface area contributed by atoms with Crippen molar-refractivity contribution in [3.05, 3.63) is 75.4 Å². The Morgan fingerprint density at radius 2 is 2.00 bits per heavy atom. The summed E-state index contributed by atoms with van der Waals surface area (Å²) in [7, 11) is 0. The zero-order valence-electron chi connectivity index (χ0n) is 18.0. The van der Waals surface area contributed by atoms with Crippen molar-refractivity contribution in [1.29, 1.82) is 0 Å². The van der Waals surface area contributed by atoms with E-state index < -0.39 is 5.97 Å². The van der Waals surface area contributed by atoms with Gasteiger partial charge in [-0.25, -0.2) is 0 Å². The SMILES string of the molecule is O=C(NCCc1ccccc1Cl)c1noc2c1CCc1cc(CN3CC(C(=O)O)C3)ccc1-2. The van der Waals surface area contributed by atoms with Gasteiger partial charge in [-0.2, -0.15) is 0 Å². The summed E-state index contributed by atoms with van der Waals surface area (Å²) in [5, 5.41) is 16.7. The second kappa shape index (κ2) is 9.00. The first-order chi connectivity index (χ1) is 16.0. The largest absolute Gasteiger partial charge is 0.481 e. The first-order valence-electron chi connectivity index (χ1n) is 11.1. The van der Waals surface area contributed by atoms with Crippen molar-refractivity contribution in [2.75, 3.05) is 19.6 Å². The predicted octanol–water partition coefficient (Wildman–Crippen LogP) is 3.58. The molecule has 0 bridgehead atoms. The van der Waals surface area contributed by atoms with Crippen LogP contribution in [0.1, 0.15) is 32.7 Å². The number of carbonyl (C=O) groups excluding carboxylic acids is 1. The molecule has 5 rings (SSSR count). The van der Waals surface area contributed by atoms with E-state index in [2.05, 4.69) is 21.4 Å². The fourth-order valence-electron chi connectivity index (χ4n) is 4.57. The number of likely N-dealkylation sites (tertiary alicyclic amines) is 1. The van der Waals surface area contributed by atoms with Crippen molar-refractivity contribution in [3.8, 4) is 11.3 Å². The number of nitrogens with zero attached hydrogens (tertiary/aromatic N) is 2. The highest BCUT2D eigenvalue weighted by molar-refractivity contribution is 6.31. The molecule has 1 aromatic heterocycles. The van der Waals surface area contributed by atoms with Crippen molar-refractivity contribution < 1.29 is 19.2 Å². The van der Waals surface area contributed by atoms with Crippen molar-refractivity contribution in [1.82, 2.24) is 15.4 Å². The first kappa shape index (κ1) is 21.7. The Morgan fingerprint density at radius 3 is 2.79 bits per heavy atom. The molecule has 8 heteroatoms. The van der Waals surface area contributed by atoms with Gasteiger partial charge in [0.2, 0.25) is 0 Å². The van der Waals surface area contributed by atoms with E-state index in [1.54, 1.807) is 0 Å². The van der Waals surface area contributed by atoms with Gasteiger partial charge in [-0.15, -0.1) is 0 Å². The highest BCUT2D eigenvalue weighted by atomic mass is 35.5. The van der Waals surface area contributed by atoms with E-state index in [1.807, 2.05) is 36.4 Å². The van der Waals surface area contributed by atoms with Crippen LogP contribution in [-0.4, -0.2) is 46.7 Å².